The highest BCUT2D eigenvalue weighted by molar-refractivity contribution is 8.05. The Hall–Kier alpha value is -3.98. The van der Waals surface area contributed by atoms with Crippen LogP contribution in [-0.4, -0.2) is 34.4 Å². The van der Waals surface area contributed by atoms with Crippen LogP contribution in [0.1, 0.15) is 43.7 Å². The Bertz CT molecular complexity index is 1380. The van der Waals surface area contributed by atoms with Crippen LogP contribution >= 0.6 is 11.8 Å². The molecule has 1 aliphatic heterocycles. The number of nitrogens with zero attached hydrogens (tertiary/aromatic N) is 2. The van der Waals surface area contributed by atoms with Gasteiger partial charge in [0.1, 0.15) is 6.61 Å². The third-order valence-electron chi connectivity index (χ3n) is 7.45. The summed E-state index contributed by atoms with van der Waals surface area (Å²) < 4.78 is 11.5. The van der Waals surface area contributed by atoms with Crippen LogP contribution in [0.2, 0.25) is 0 Å². The summed E-state index contributed by atoms with van der Waals surface area (Å²) in [5.74, 6) is 1.60. The largest absolute Gasteiger partial charge is 0.493 e. The number of para-hydroxylation sites is 1. The topological polar surface area (TPSA) is 93.9 Å². The Balaban J connectivity index is 1.35. The minimum atomic E-state index is -0.427. The zero-order chi connectivity index (χ0) is 28.1. The van der Waals surface area contributed by atoms with Crippen molar-refractivity contribution in [3.8, 4) is 11.5 Å². The molecule has 9 heteroatoms. The fourth-order valence-corrected chi connectivity index (χ4v) is 6.50. The number of nitrogens with one attached hydrogen (secondary N) is 1. The molecule has 0 aromatic heterocycles. The number of nitro benzene ring substituents is 1. The number of carbonyl (C=O) groups is 1. The molecule has 1 saturated heterocycles. The minimum absolute atomic E-state index is 0.0377. The van der Waals surface area contributed by atoms with Crippen LogP contribution in [0.3, 0.4) is 0 Å². The number of rotatable bonds is 9. The number of ether oxygens (including phenoxy) is 2. The molecule has 0 radical (unpaired) electrons. The van der Waals surface area contributed by atoms with Crippen LogP contribution in [0.4, 0.5) is 11.4 Å². The molecule has 5 rings (SSSR count). The van der Waals surface area contributed by atoms with Crippen molar-refractivity contribution in [2.75, 3.05) is 12.4 Å². The molecule has 1 heterocycles. The van der Waals surface area contributed by atoms with E-state index in [-0.39, 0.29) is 29.7 Å². The predicted molar refractivity (Wildman–Crippen MR) is 158 cm³/mol. The van der Waals surface area contributed by atoms with Crippen LogP contribution < -0.4 is 14.8 Å². The van der Waals surface area contributed by atoms with Gasteiger partial charge in [0.15, 0.2) is 17.0 Å². The fourth-order valence-electron chi connectivity index (χ4n) is 5.29. The molecular formula is C31H33N3O5S. The Kier molecular flexibility index (Phi) is 8.60. The van der Waals surface area contributed by atoms with E-state index in [0.29, 0.717) is 22.3 Å². The molecule has 3 aromatic carbocycles. The van der Waals surface area contributed by atoms with Crippen LogP contribution in [0.5, 0.6) is 11.5 Å². The first-order chi connectivity index (χ1) is 19.4. The Morgan fingerprint density at radius 2 is 1.80 bits per heavy atom. The van der Waals surface area contributed by atoms with Crippen molar-refractivity contribution < 1.29 is 19.2 Å². The second kappa shape index (κ2) is 12.5. The Morgan fingerprint density at radius 3 is 2.50 bits per heavy atom. The van der Waals surface area contributed by atoms with E-state index in [4.69, 9.17) is 9.47 Å². The van der Waals surface area contributed by atoms with Gasteiger partial charge in [-0.1, -0.05) is 55.8 Å². The average Bonchev–Trinajstić information content (AvgIpc) is 3.26. The molecule has 8 nitrogen and oxygen atoms in total. The van der Waals surface area contributed by atoms with Crippen LogP contribution in [0, 0.1) is 16.0 Å². The van der Waals surface area contributed by atoms with Crippen LogP contribution in [-0.2, 0) is 11.4 Å². The van der Waals surface area contributed by atoms with E-state index in [0.717, 1.165) is 36.1 Å². The lowest BCUT2D eigenvalue weighted by Crippen LogP contribution is -2.48. The molecule has 1 amide bonds. The van der Waals surface area contributed by atoms with E-state index in [9.17, 15) is 14.9 Å². The molecule has 1 aliphatic carbocycles. The van der Waals surface area contributed by atoms with Gasteiger partial charge in [0, 0.05) is 23.9 Å². The van der Waals surface area contributed by atoms with Gasteiger partial charge < -0.3 is 19.7 Å². The standard InChI is InChI=1S/C31H33N3O5S/c1-21-8-6-7-11-26(21)33-30(35)29(40-31(33)32-24-9-4-3-5-10-24)19-23-14-17-27(28(18-23)38-2)39-20-22-12-15-25(16-13-22)34(36)37/h3-5,9-10,12-19,21,26,31-32H,6-8,11,20H2,1-2H3/b29-19-/t21-,26-,31?/m0/s1. The van der Waals surface area contributed by atoms with Crippen LogP contribution in [0.25, 0.3) is 6.08 Å². The van der Waals surface area contributed by atoms with Crippen molar-refractivity contribution >= 4 is 35.1 Å². The van der Waals surface area contributed by atoms with Gasteiger partial charge in [0.2, 0.25) is 0 Å². The summed E-state index contributed by atoms with van der Waals surface area (Å²) in [5, 5.41) is 14.5. The monoisotopic (exact) mass is 559 g/mol. The highest BCUT2D eigenvalue weighted by Crippen LogP contribution is 2.42. The van der Waals surface area contributed by atoms with Crippen LogP contribution in [0.15, 0.2) is 77.7 Å². The van der Waals surface area contributed by atoms with E-state index < -0.39 is 4.92 Å². The Labute approximate surface area is 238 Å². The summed E-state index contributed by atoms with van der Waals surface area (Å²) in [6.45, 7) is 2.49. The number of methoxy groups -OCH3 is 1. The maximum Gasteiger partial charge on any atom is 0.269 e. The van der Waals surface area contributed by atoms with Crippen molar-refractivity contribution in [1.82, 2.24) is 4.90 Å². The van der Waals surface area contributed by atoms with Gasteiger partial charge in [-0.2, -0.15) is 0 Å². The summed E-state index contributed by atoms with van der Waals surface area (Å²) in [5.41, 5.74) is 2.49. The highest BCUT2D eigenvalue weighted by atomic mass is 32.2. The van der Waals surface area contributed by atoms with Gasteiger partial charge in [-0.3, -0.25) is 14.9 Å². The zero-order valence-electron chi connectivity index (χ0n) is 22.6. The predicted octanol–water partition coefficient (Wildman–Crippen LogP) is 7.07. The number of carbonyl (C=O) groups excluding carboxylic acids is 1. The van der Waals surface area contributed by atoms with Gasteiger partial charge in [-0.15, -0.1) is 0 Å². The maximum atomic E-state index is 13.8. The number of benzene rings is 3. The molecule has 3 aromatic rings. The number of hydrogen-bond donors (Lipinski definition) is 1. The van der Waals surface area contributed by atoms with Gasteiger partial charge in [-0.25, -0.2) is 0 Å². The first kappa shape index (κ1) is 27.6. The third-order valence-corrected chi connectivity index (χ3v) is 8.57. The summed E-state index contributed by atoms with van der Waals surface area (Å²) in [7, 11) is 1.58. The summed E-state index contributed by atoms with van der Waals surface area (Å²) in [6, 6.07) is 22.1. The van der Waals surface area contributed by atoms with Gasteiger partial charge in [0.05, 0.1) is 16.9 Å². The highest BCUT2D eigenvalue weighted by Gasteiger charge is 2.42. The molecule has 2 aliphatic rings. The zero-order valence-corrected chi connectivity index (χ0v) is 23.4. The molecule has 0 bridgehead atoms. The molecule has 1 unspecified atom stereocenters. The second-order valence-electron chi connectivity index (χ2n) is 10.2. The minimum Gasteiger partial charge on any atom is -0.493 e. The van der Waals surface area contributed by atoms with Crippen molar-refractivity contribution in [2.45, 2.75) is 50.8 Å². The SMILES string of the molecule is COc1cc(/C=C2\SC(Nc3ccccc3)N([C@H]3CCCC[C@@H]3C)C2=O)ccc1OCc1ccc([N+](=O)[O-])cc1. The quantitative estimate of drug-likeness (QED) is 0.170. The molecule has 1 N–H and O–H groups in total. The van der Waals surface area contributed by atoms with E-state index in [1.165, 1.54) is 18.6 Å². The average molecular weight is 560 g/mol. The van der Waals surface area contributed by atoms with E-state index in [1.54, 1.807) is 31.0 Å². The lowest BCUT2D eigenvalue weighted by molar-refractivity contribution is -0.384. The van der Waals surface area contributed by atoms with Crippen molar-refractivity contribution in [1.29, 1.82) is 0 Å². The molecule has 3 atom stereocenters. The smallest absolute Gasteiger partial charge is 0.269 e. The van der Waals surface area contributed by atoms with E-state index in [2.05, 4.69) is 12.2 Å². The van der Waals surface area contributed by atoms with E-state index >= 15 is 0 Å². The number of nitro groups is 1. The van der Waals surface area contributed by atoms with Crippen molar-refractivity contribution in [3.63, 3.8) is 0 Å². The number of hydrogen-bond acceptors (Lipinski definition) is 7. The molecule has 208 valence electrons. The first-order valence-electron chi connectivity index (χ1n) is 13.5. The molecular weight excluding hydrogens is 526 g/mol. The number of anilines is 1. The molecule has 40 heavy (non-hydrogen) atoms. The first-order valence-corrected chi connectivity index (χ1v) is 14.4. The summed E-state index contributed by atoms with van der Waals surface area (Å²) in [6.07, 6.45) is 6.42. The Morgan fingerprint density at radius 1 is 1.05 bits per heavy atom. The summed E-state index contributed by atoms with van der Waals surface area (Å²) >= 11 is 1.55. The van der Waals surface area contributed by atoms with Gasteiger partial charge >= 0.3 is 0 Å². The molecule has 0 spiro atoms. The van der Waals surface area contributed by atoms with Gasteiger partial charge in [-0.05, 0) is 72.4 Å². The van der Waals surface area contributed by atoms with Crippen molar-refractivity contribution in [2.24, 2.45) is 5.92 Å². The number of non-ortho nitro benzene ring substituents is 1. The van der Waals surface area contributed by atoms with E-state index in [1.807, 2.05) is 59.5 Å². The molecule has 2 fully saturated rings. The normalized spacial score (nSPS) is 21.9. The van der Waals surface area contributed by atoms with Gasteiger partial charge in [0.25, 0.3) is 11.6 Å². The lowest BCUT2D eigenvalue weighted by Gasteiger charge is -2.39. The number of amides is 1. The second-order valence-corrected chi connectivity index (χ2v) is 11.3. The van der Waals surface area contributed by atoms with Crippen molar-refractivity contribution in [3.05, 3.63) is 98.9 Å². The number of thioether (sulfide) groups is 1. The summed E-state index contributed by atoms with van der Waals surface area (Å²) in [4.78, 5) is 27.0. The lowest BCUT2D eigenvalue weighted by atomic mass is 9.85. The third kappa shape index (κ3) is 6.25. The maximum absolute atomic E-state index is 13.8. The molecule has 1 saturated carbocycles. The fraction of sp³-hybridized carbons (Fsp3) is 0.323.